The van der Waals surface area contributed by atoms with Crippen LogP contribution in [0, 0.1) is 11.8 Å². The minimum atomic E-state index is -5.69. The van der Waals surface area contributed by atoms with Gasteiger partial charge in [-0.1, -0.05) is 61.1 Å². The second-order valence-electron chi connectivity index (χ2n) is 8.96. The number of phosphoric acid groups is 3. The number of nitrogens with zero attached hydrogens (tertiary/aromatic N) is 1. The van der Waals surface area contributed by atoms with Gasteiger partial charge < -0.3 is 40.1 Å². The minimum absolute atomic E-state index is 0.0646. The molecule has 0 aromatic carbocycles. The Morgan fingerprint density at radius 3 is 2.46 bits per heavy atom. The Morgan fingerprint density at radius 1 is 1.21 bits per heavy atom. The van der Waals surface area contributed by atoms with Crippen LogP contribution in [0.25, 0.3) is 0 Å². The van der Waals surface area contributed by atoms with Crippen molar-refractivity contribution in [1.29, 1.82) is 0 Å². The molecule has 1 fully saturated rings. The van der Waals surface area contributed by atoms with Crippen molar-refractivity contribution in [2.75, 3.05) is 12.5 Å². The summed E-state index contributed by atoms with van der Waals surface area (Å²) < 4.78 is 58.5. The third kappa shape index (κ3) is 12.5. The molecular weight excluding hydrogens is 623 g/mol. The van der Waals surface area contributed by atoms with E-state index in [1.807, 2.05) is 27.7 Å². The van der Waals surface area contributed by atoms with Gasteiger partial charge in [0.2, 0.25) is 0 Å². The number of hydrogen-bond acceptors (Lipinski definition) is 12. The van der Waals surface area contributed by atoms with Crippen LogP contribution in [-0.2, 0) is 36.3 Å². The summed E-state index contributed by atoms with van der Waals surface area (Å²) in [5, 5.41) is 2.56. The summed E-state index contributed by atoms with van der Waals surface area (Å²) in [7, 11) is -13.7. The lowest BCUT2D eigenvalue weighted by Crippen LogP contribution is -2.54. The second-order valence-corrected chi connectivity index (χ2v) is 16.5. The molecule has 0 aromatic rings. The topological polar surface area (TPSA) is 237 Å². The van der Waals surface area contributed by atoms with E-state index >= 15 is 0 Å². The predicted octanol–water partition coefficient (Wildman–Crippen LogP) is 2.57. The fraction of sp³-hybridized carbons (Fsp3) is 0.722. The van der Waals surface area contributed by atoms with E-state index in [2.05, 4.69) is 25.8 Å². The average Bonchev–Trinajstić information content (AvgIpc) is 3.14. The van der Waals surface area contributed by atoms with E-state index in [4.69, 9.17) is 29.5 Å². The molecule has 16 nitrogen and oxygen atoms in total. The third-order valence-electron chi connectivity index (χ3n) is 4.48. The molecule has 0 spiro atoms. The minimum Gasteiger partial charge on any atom is -0.364 e. The van der Waals surface area contributed by atoms with Crippen LogP contribution in [0.1, 0.15) is 40.5 Å². The highest BCUT2D eigenvalue weighted by Gasteiger charge is 2.45. The van der Waals surface area contributed by atoms with Crippen molar-refractivity contribution in [3.8, 4) is 11.8 Å². The summed E-state index contributed by atoms with van der Waals surface area (Å²) in [4.78, 5) is 50.3. The monoisotopic (exact) mass is 655 g/mol. The van der Waals surface area contributed by atoms with E-state index in [1.165, 1.54) is 21.9 Å². The van der Waals surface area contributed by atoms with Gasteiger partial charge in [0.1, 0.15) is 24.4 Å². The van der Waals surface area contributed by atoms with Crippen LogP contribution < -0.4 is 11.1 Å². The van der Waals surface area contributed by atoms with Gasteiger partial charge in [-0.2, -0.15) is 8.62 Å². The molecule has 2 amide bonds. The van der Waals surface area contributed by atoms with Crippen molar-refractivity contribution in [2.24, 2.45) is 5.73 Å². The van der Waals surface area contributed by atoms with Crippen LogP contribution in [0.15, 0.2) is 11.8 Å². The lowest BCUT2D eigenvalue weighted by Gasteiger charge is -2.32. The number of amides is 2. The van der Waals surface area contributed by atoms with Crippen LogP contribution in [-0.4, -0.2) is 72.4 Å². The molecule has 2 heterocycles. The highest BCUT2D eigenvalue weighted by molar-refractivity contribution is 8.77. The molecular formula is C18H32N3O13P3S2. The van der Waals surface area contributed by atoms with Crippen molar-refractivity contribution in [1.82, 2.24) is 10.2 Å². The molecule has 0 radical (unpaired) electrons. The van der Waals surface area contributed by atoms with Crippen molar-refractivity contribution in [3.05, 3.63) is 11.8 Å². The molecule has 3 unspecified atom stereocenters. The number of nitrogens with one attached hydrogen (secondary N) is 1. The number of rotatable bonds is 12. The predicted molar refractivity (Wildman–Crippen MR) is 142 cm³/mol. The largest absolute Gasteiger partial charge is 0.490 e. The second kappa shape index (κ2) is 14.2. The highest BCUT2D eigenvalue weighted by atomic mass is 33.1. The van der Waals surface area contributed by atoms with Gasteiger partial charge in [0.05, 0.1) is 18.3 Å². The Hall–Kier alpha value is -0.440. The smallest absolute Gasteiger partial charge is 0.364 e. The first-order valence-electron chi connectivity index (χ1n) is 11.2. The van der Waals surface area contributed by atoms with Crippen LogP contribution in [0.2, 0.25) is 0 Å². The molecule has 2 aliphatic rings. The molecule has 39 heavy (non-hydrogen) atoms. The Bertz CT molecular complexity index is 1120. The van der Waals surface area contributed by atoms with Gasteiger partial charge in [0.25, 0.3) is 0 Å². The maximum Gasteiger partial charge on any atom is 0.490 e. The lowest BCUT2D eigenvalue weighted by molar-refractivity contribution is -0.0609. The first-order valence-corrected chi connectivity index (χ1v) is 18.1. The molecule has 7 N–H and O–H groups in total. The van der Waals surface area contributed by atoms with Gasteiger partial charge in [-0.15, -0.1) is 0 Å². The van der Waals surface area contributed by atoms with Gasteiger partial charge >= 0.3 is 29.5 Å². The Balaban J connectivity index is 2.16. The van der Waals surface area contributed by atoms with Crippen LogP contribution in [0.5, 0.6) is 0 Å². The average molecular weight is 656 g/mol. The normalized spacial score (nSPS) is 27.2. The van der Waals surface area contributed by atoms with Crippen LogP contribution in [0.4, 0.5) is 4.79 Å². The van der Waals surface area contributed by atoms with Crippen molar-refractivity contribution >= 4 is 51.1 Å². The molecule has 2 aliphatic heterocycles. The van der Waals surface area contributed by atoms with Crippen molar-refractivity contribution in [3.63, 3.8) is 0 Å². The molecule has 0 bridgehead atoms. The van der Waals surface area contributed by atoms with Crippen LogP contribution in [0.3, 0.4) is 0 Å². The Labute approximate surface area is 233 Å². The number of ether oxygens (including phenoxy) is 2. The van der Waals surface area contributed by atoms with E-state index < -0.39 is 60.7 Å². The zero-order valence-corrected chi connectivity index (χ0v) is 25.7. The number of carbonyl (C=O) groups excluding carboxylic acids is 1. The Kier molecular flexibility index (Phi) is 12.6. The first kappa shape index (κ1) is 34.8. The van der Waals surface area contributed by atoms with Gasteiger partial charge in [-0.25, -0.2) is 18.5 Å². The molecule has 224 valence electrons. The maximum absolute atomic E-state index is 12.6. The quantitative estimate of drug-likeness (QED) is 0.0582. The first-order chi connectivity index (χ1) is 17.8. The Morgan fingerprint density at radius 2 is 1.87 bits per heavy atom. The zero-order valence-electron chi connectivity index (χ0n) is 21.4. The van der Waals surface area contributed by atoms with Gasteiger partial charge in [-0.3, -0.25) is 9.42 Å². The number of phosphoric ester groups is 1. The van der Waals surface area contributed by atoms with Gasteiger partial charge in [0, 0.05) is 23.8 Å². The number of hydrogen-bond donors (Lipinski definition) is 6. The van der Waals surface area contributed by atoms with E-state index in [1.54, 1.807) is 10.8 Å². The summed E-state index contributed by atoms with van der Waals surface area (Å²) in [6.07, 6.45) is -1.54. The molecule has 0 saturated carbocycles. The number of urea groups is 1. The van der Waals surface area contributed by atoms with E-state index in [9.17, 15) is 28.3 Å². The third-order valence-corrected chi connectivity index (χ3v) is 11.3. The van der Waals surface area contributed by atoms with E-state index in [0.717, 1.165) is 0 Å². The SMILES string of the molecule is CCC#CC1=CN([C@H]2C[C@@H](OCSSC(C)(C)C)[C@@H](COP(=O)(O)OP(=O)(O)OP(=O)(O)O)O2)C(=O)NC1N. The lowest BCUT2D eigenvalue weighted by atomic mass is 10.1. The van der Waals surface area contributed by atoms with E-state index in [-0.39, 0.29) is 17.1 Å². The maximum atomic E-state index is 12.6. The fourth-order valence-corrected chi connectivity index (χ4v) is 8.11. The summed E-state index contributed by atoms with van der Waals surface area (Å²) >= 11 is 0. The fourth-order valence-electron chi connectivity index (χ4n) is 3.07. The summed E-state index contributed by atoms with van der Waals surface area (Å²) in [5.74, 6) is 5.91. The zero-order chi connectivity index (χ0) is 29.6. The molecule has 0 aromatic heterocycles. The summed E-state index contributed by atoms with van der Waals surface area (Å²) in [6.45, 7) is 7.14. The standard InChI is InChI=1S/C18H32N3O13P3S2/c1-5-6-7-12-9-21(17(22)20-16(12)19)15-8-13(30-11-38-39-18(2,3)4)14(32-15)10-31-36(26,27)34-37(28,29)33-35(23,24)25/h9,13-16H,5,8,10-11,19H2,1-4H3,(H,20,22)(H,26,27)(H,28,29)(H2,23,24,25)/t13-,14-,15-,16?/m1/s1. The highest BCUT2D eigenvalue weighted by Crippen LogP contribution is 2.66. The molecule has 6 atom stereocenters. The number of nitrogens with two attached hydrogens (primary N) is 1. The molecule has 2 rings (SSSR count). The van der Waals surface area contributed by atoms with Gasteiger partial charge in [0.15, 0.2) is 0 Å². The van der Waals surface area contributed by atoms with E-state index in [0.29, 0.717) is 12.0 Å². The van der Waals surface area contributed by atoms with Crippen molar-refractivity contribution < 1.29 is 60.7 Å². The van der Waals surface area contributed by atoms with Gasteiger partial charge in [-0.05, 0) is 0 Å². The molecule has 0 aliphatic carbocycles. The summed E-state index contributed by atoms with van der Waals surface area (Å²) in [5.41, 5.74) is 6.35. The molecule has 1 saturated heterocycles. The van der Waals surface area contributed by atoms with Crippen molar-refractivity contribution in [2.45, 2.75) is 69.9 Å². The summed E-state index contributed by atoms with van der Waals surface area (Å²) in [6, 6.07) is -0.584. The van der Waals surface area contributed by atoms with Crippen LogP contribution >= 0.6 is 45.1 Å². The number of carbonyl (C=O) groups is 1. The molecule has 21 heteroatoms.